The number of hydrogen-bond acceptors (Lipinski definition) is 2. The van der Waals surface area contributed by atoms with Gasteiger partial charge in [0.05, 0.1) is 16.6 Å². The van der Waals surface area contributed by atoms with Crippen LogP contribution in [0.5, 0.6) is 11.5 Å². The second-order valence-electron chi connectivity index (χ2n) is 4.19. The van der Waals surface area contributed by atoms with Crippen LogP contribution in [-0.4, -0.2) is 7.11 Å². The van der Waals surface area contributed by atoms with E-state index in [-0.39, 0.29) is 0 Å². The number of hydrogen-bond donors (Lipinski definition) is 0. The quantitative estimate of drug-likeness (QED) is 0.779. The number of halogens is 2. The summed E-state index contributed by atoms with van der Waals surface area (Å²) in [5.74, 6) is 1.51. The second-order valence-corrected chi connectivity index (χ2v) is 5.45. The minimum absolute atomic E-state index is 0.464. The maximum atomic E-state index is 6.09. The number of ether oxygens (including phenoxy) is 2. The highest BCUT2D eigenvalue weighted by atomic mass is 79.9. The maximum absolute atomic E-state index is 6.09. The SMILES string of the molecule is COc1ccc(COc2cc(C)ccc2Cl)cc1Br. The lowest BCUT2D eigenvalue weighted by Gasteiger charge is -2.10. The van der Waals surface area contributed by atoms with E-state index in [0.29, 0.717) is 17.4 Å². The lowest BCUT2D eigenvalue weighted by Crippen LogP contribution is -1.97. The highest BCUT2D eigenvalue weighted by Gasteiger charge is 2.05. The van der Waals surface area contributed by atoms with E-state index >= 15 is 0 Å². The number of methoxy groups -OCH3 is 1. The zero-order chi connectivity index (χ0) is 13.8. The molecule has 2 rings (SSSR count). The first-order valence-corrected chi connectivity index (χ1v) is 6.98. The Morgan fingerprint density at radius 2 is 1.89 bits per heavy atom. The van der Waals surface area contributed by atoms with Gasteiger partial charge in [-0.1, -0.05) is 23.7 Å². The fourth-order valence-corrected chi connectivity index (χ4v) is 2.44. The fourth-order valence-electron chi connectivity index (χ4n) is 1.68. The Morgan fingerprint density at radius 1 is 1.11 bits per heavy atom. The first-order valence-electron chi connectivity index (χ1n) is 5.81. The Balaban J connectivity index is 2.10. The molecule has 0 aromatic heterocycles. The molecule has 0 atom stereocenters. The minimum Gasteiger partial charge on any atom is -0.496 e. The van der Waals surface area contributed by atoms with E-state index < -0.39 is 0 Å². The summed E-state index contributed by atoms with van der Waals surface area (Å²) in [5.41, 5.74) is 2.17. The topological polar surface area (TPSA) is 18.5 Å². The fraction of sp³-hybridized carbons (Fsp3) is 0.200. The van der Waals surface area contributed by atoms with Crippen LogP contribution in [0.1, 0.15) is 11.1 Å². The maximum Gasteiger partial charge on any atom is 0.138 e. The lowest BCUT2D eigenvalue weighted by molar-refractivity contribution is 0.306. The summed E-state index contributed by atoms with van der Waals surface area (Å²) in [6, 6.07) is 11.6. The summed E-state index contributed by atoms with van der Waals surface area (Å²) < 4.78 is 11.8. The molecule has 0 saturated carbocycles. The van der Waals surface area contributed by atoms with Crippen molar-refractivity contribution in [1.82, 2.24) is 0 Å². The summed E-state index contributed by atoms with van der Waals surface area (Å²) in [6.45, 7) is 2.47. The van der Waals surface area contributed by atoms with E-state index in [4.69, 9.17) is 21.1 Å². The largest absolute Gasteiger partial charge is 0.496 e. The van der Waals surface area contributed by atoms with E-state index in [1.54, 1.807) is 7.11 Å². The Hall–Kier alpha value is -1.19. The smallest absolute Gasteiger partial charge is 0.138 e. The van der Waals surface area contributed by atoms with Crippen molar-refractivity contribution in [2.24, 2.45) is 0 Å². The highest BCUT2D eigenvalue weighted by molar-refractivity contribution is 9.10. The average Bonchev–Trinajstić information content (AvgIpc) is 2.40. The van der Waals surface area contributed by atoms with E-state index in [2.05, 4.69) is 15.9 Å². The molecule has 19 heavy (non-hydrogen) atoms. The molecule has 0 fully saturated rings. The molecule has 0 amide bonds. The van der Waals surface area contributed by atoms with Gasteiger partial charge >= 0.3 is 0 Å². The lowest BCUT2D eigenvalue weighted by atomic mass is 10.2. The normalized spacial score (nSPS) is 10.3. The molecule has 4 heteroatoms. The van der Waals surface area contributed by atoms with E-state index in [9.17, 15) is 0 Å². The molecule has 0 aliphatic heterocycles. The summed E-state index contributed by atoms with van der Waals surface area (Å²) in [6.07, 6.45) is 0. The van der Waals surface area contributed by atoms with Crippen LogP contribution in [0.3, 0.4) is 0 Å². The summed E-state index contributed by atoms with van der Waals surface area (Å²) in [5, 5.41) is 0.623. The van der Waals surface area contributed by atoms with Gasteiger partial charge in [-0.15, -0.1) is 0 Å². The monoisotopic (exact) mass is 340 g/mol. The van der Waals surface area contributed by atoms with Gasteiger partial charge in [0.1, 0.15) is 18.1 Å². The van der Waals surface area contributed by atoms with Crippen LogP contribution in [0.25, 0.3) is 0 Å². The Labute approximate surface area is 126 Å². The third-order valence-electron chi connectivity index (χ3n) is 2.70. The molecule has 0 heterocycles. The molecule has 0 saturated heterocycles. The van der Waals surface area contributed by atoms with Crippen LogP contribution >= 0.6 is 27.5 Å². The molecule has 2 aromatic rings. The Bertz CT molecular complexity index is 584. The van der Waals surface area contributed by atoms with Gasteiger partial charge in [-0.25, -0.2) is 0 Å². The van der Waals surface area contributed by atoms with Gasteiger partial charge in [0, 0.05) is 0 Å². The van der Waals surface area contributed by atoms with Gasteiger partial charge in [-0.2, -0.15) is 0 Å². The summed E-state index contributed by atoms with van der Waals surface area (Å²) in [4.78, 5) is 0. The zero-order valence-electron chi connectivity index (χ0n) is 10.7. The molecule has 100 valence electrons. The second kappa shape index (κ2) is 6.31. The van der Waals surface area contributed by atoms with Crippen LogP contribution in [0, 0.1) is 6.92 Å². The van der Waals surface area contributed by atoms with Crippen molar-refractivity contribution in [2.75, 3.05) is 7.11 Å². The van der Waals surface area contributed by atoms with Crippen molar-refractivity contribution in [3.05, 3.63) is 57.0 Å². The molecule has 0 spiro atoms. The Kier molecular flexibility index (Phi) is 4.72. The number of rotatable bonds is 4. The van der Waals surface area contributed by atoms with Crippen LogP contribution in [0.4, 0.5) is 0 Å². The van der Waals surface area contributed by atoms with Gasteiger partial charge in [0.25, 0.3) is 0 Å². The molecule has 0 radical (unpaired) electrons. The van der Waals surface area contributed by atoms with Gasteiger partial charge in [0.2, 0.25) is 0 Å². The van der Waals surface area contributed by atoms with Crippen molar-refractivity contribution < 1.29 is 9.47 Å². The van der Waals surface area contributed by atoms with E-state index in [1.165, 1.54) is 0 Å². The number of benzene rings is 2. The first-order chi connectivity index (χ1) is 9.10. The molecule has 0 aliphatic carbocycles. The summed E-state index contributed by atoms with van der Waals surface area (Å²) in [7, 11) is 1.64. The molecule has 0 unspecified atom stereocenters. The van der Waals surface area contributed by atoms with E-state index in [1.807, 2.05) is 43.3 Å². The van der Waals surface area contributed by atoms with Gasteiger partial charge in [-0.05, 0) is 58.2 Å². The zero-order valence-corrected chi connectivity index (χ0v) is 13.1. The van der Waals surface area contributed by atoms with E-state index in [0.717, 1.165) is 21.3 Å². The van der Waals surface area contributed by atoms with Crippen LogP contribution in [0.2, 0.25) is 5.02 Å². The average molecular weight is 342 g/mol. The van der Waals surface area contributed by atoms with Crippen molar-refractivity contribution in [1.29, 1.82) is 0 Å². The molecule has 2 nitrogen and oxygen atoms in total. The predicted octanol–water partition coefficient (Wildman–Crippen LogP) is 5.00. The molecule has 2 aromatic carbocycles. The van der Waals surface area contributed by atoms with Crippen molar-refractivity contribution in [2.45, 2.75) is 13.5 Å². The highest BCUT2D eigenvalue weighted by Crippen LogP contribution is 2.28. The van der Waals surface area contributed by atoms with Crippen molar-refractivity contribution in [3.8, 4) is 11.5 Å². The number of aryl methyl sites for hydroxylation is 1. The predicted molar refractivity (Wildman–Crippen MR) is 81.2 cm³/mol. The van der Waals surface area contributed by atoms with Crippen LogP contribution in [0.15, 0.2) is 40.9 Å². The van der Waals surface area contributed by atoms with Gasteiger partial charge in [-0.3, -0.25) is 0 Å². The molecular weight excluding hydrogens is 328 g/mol. The molecule has 0 N–H and O–H groups in total. The standard InChI is InChI=1S/C15H14BrClO2/c1-10-3-5-13(17)15(7-10)19-9-11-4-6-14(18-2)12(16)8-11/h3-8H,9H2,1-2H3. The third kappa shape index (κ3) is 3.64. The Morgan fingerprint density at radius 3 is 2.58 bits per heavy atom. The molecule has 0 aliphatic rings. The van der Waals surface area contributed by atoms with Gasteiger partial charge in [0.15, 0.2) is 0 Å². The summed E-state index contributed by atoms with van der Waals surface area (Å²) >= 11 is 9.54. The third-order valence-corrected chi connectivity index (χ3v) is 3.63. The van der Waals surface area contributed by atoms with Crippen LogP contribution in [-0.2, 0) is 6.61 Å². The van der Waals surface area contributed by atoms with Gasteiger partial charge < -0.3 is 9.47 Å². The first kappa shape index (κ1) is 14.2. The minimum atomic E-state index is 0.464. The molecule has 0 bridgehead atoms. The van der Waals surface area contributed by atoms with Crippen molar-refractivity contribution >= 4 is 27.5 Å². The molecular formula is C15H14BrClO2. The van der Waals surface area contributed by atoms with Crippen molar-refractivity contribution in [3.63, 3.8) is 0 Å². The van der Waals surface area contributed by atoms with Crippen LogP contribution < -0.4 is 9.47 Å².